The van der Waals surface area contributed by atoms with Crippen LogP contribution in [0.4, 0.5) is 11.5 Å². The van der Waals surface area contributed by atoms with Crippen molar-refractivity contribution in [2.75, 3.05) is 16.8 Å². The topological polar surface area (TPSA) is 101 Å². The summed E-state index contributed by atoms with van der Waals surface area (Å²) < 4.78 is 11.9. The molecule has 1 aliphatic rings. The van der Waals surface area contributed by atoms with Crippen molar-refractivity contribution in [3.63, 3.8) is 0 Å². The smallest absolute Gasteiger partial charge is 0.257 e. The van der Waals surface area contributed by atoms with E-state index >= 15 is 0 Å². The van der Waals surface area contributed by atoms with Crippen LogP contribution in [0.15, 0.2) is 60.8 Å². The lowest BCUT2D eigenvalue weighted by molar-refractivity contribution is -0.116. The van der Waals surface area contributed by atoms with Gasteiger partial charge in [0.05, 0.1) is 12.7 Å². The Morgan fingerprint density at radius 3 is 2.36 bits per heavy atom. The molecule has 0 aliphatic heterocycles. The Kier molecular flexibility index (Phi) is 7.85. The highest BCUT2D eigenvalue weighted by Crippen LogP contribution is 2.33. The number of hydrogen-bond acceptors (Lipinski definition) is 6. The lowest BCUT2D eigenvalue weighted by Gasteiger charge is -2.21. The molecule has 1 heterocycles. The van der Waals surface area contributed by atoms with Gasteiger partial charge in [0.2, 0.25) is 5.91 Å². The first-order chi connectivity index (χ1) is 17.3. The maximum absolute atomic E-state index is 12.9. The lowest BCUT2D eigenvalue weighted by Crippen LogP contribution is -2.30. The Bertz CT molecular complexity index is 1200. The zero-order chi connectivity index (χ0) is 25.7. The standard InChI is InChI=1S/C28H31N3O5/c1-18(2)35-25-12-22(28(34)30-27-11-6-21(17-32)15-29-27)13-26(14-25)36-24-9-7-23(8-10-24)31(19(3)33)16-20-4-5-20/h6-15,18,20,32H,4-5,16-17H2,1-3H3,(H,29,30,34). The third-order valence-electron chi connectivity index (χ3n) is 5.66. The molecular formula is C28H31N3O5. The van der Waals surface area contributed by atoms with Gasteiger partial charge in [-0.15, -0.1) is 0 Å². The molecule has 3 aromatic rings. The normalized spacial score (nSPS) is 12.8. The Balaban J connectivity index is 1.52. The minimum Gasteiger partial charge on any atom is -0.491 e. The number of nitrogens with one attached hydrogen (secondary N) is 1. The number of pyridine rings is 1. The first-order valence-corrected chi connectivity index (χ1v) is 12.1. The van der Waals surface area contributed by atoms with Crippen molar-refractivity contribution in [2.45, 2.75) is 46.3 Å². The highest BCUT2D eigenvalue weighted by molar-refractivity contribution is 6.04. The van der Waals surface area contributed by atoms with Crippen LogP contribution in [0, 0.1) is 5.92 Å². The Labute approximate surface area is 210 Å². The predicted octanol–water partition coefficient (Wildman–Crippen LogP) is 5.17. The Morgan fingerprint density at radius 2 is 1.78 bits per heavy atom. The lowest BCUT2D eigenvalue weighted by atomic mass is 10.1. The van der Waals surface area contributed by atoms with Gasteiger partial charge in [-0.2, -0.15) is 0 Å². The van der Waals surface area contributed by atoms with Crippen LogP contribution in [-0.2, 0) is 11.4 Å². The number of nitrogens with zero attached hydrogens (tertiary/aromatic N) is 2. The van der Waals surface area contributed by atoms with Crippen molar-refractivity contribution < 1.29 is 24.2 Å². The summed E-state index contributed by atoms with van der Waals surface area (Å²) in [6.07, 6.45) is 3.75. The van der Waals surface area contributed by atoms with E-state index in [1.165, 1.54) is 19.0 Å². The van der Waals surface area contributed by atoms with Crippen LogP contribution in [-0.4, -0.2) is 34.6 Å². The number of aromatic nitrogens is 1. The van der Waals surface area contributed by atoms with Gasteiger partial charge in [0.1, 0.15) is 23.1 Å². The van der Waals surface area contributed by atoms with Crippen molar-refractivity contribution in [1.82, 2.24) is 4.98 Å². The zero-order valence-corrected chi connectivity index (χ0v) is 20.7. The summed E-state index contributed by atoms with van der Waals surface area (Å²) in [7, 11) is 0. The van der Waals surface area contributed by atoms with Crippen LogP contribution in [0.2, 0.25) is 0 Å². The number of anilines is 2. The summed E-state index contributed by atoms with van der Waals surface area (Å²) in [5, 5.41) is 11.9. The predicted molar refractivity (Wildman–Crippen MR) is 138 cm³/mol. The van der Waals surface area contributed by atoms with Crippen molar-refractivity contribution in [2.24, 2.45) is 5.92 Å². The number of aliphatic hydroxyl groups is 1. The quantitative estimate of drug-likeness (QED) is 0.408. The molecule has 4 rings (SSSR count). The van der Waals surface area contributed by atoms with E-state index in [-0.39, 0.29) is 24.5 Å². The number of carbonyl (C=O) groups is 2. The van der Waals surface area contributed by atoms with Crippen molar-refractivity contribution in [3.8, 4) is 17.2 Å². The molecular weight excluding hydrogens is 458 g/mol. The van der Waals surface area contributed by atoms with Crippen LogP contribution in [0.25, 0.3) is 0 Å². The van der Waals surface area contributed by atoms with Crippen LogP contribution >= 0.6 is 0 Å². The van der Waals surface area contributed by atoms with Crippen molar-refractivity contribution in [1.29, 1.82) is 0 Å². The monoisotopic (exact) mass is 489 g/mol. The number of benzene rings is 2. The molecule has 0 radical (unpaired) electrons. The molecule has 2 amide bonds. The highest BCUT2D eigenvalue weighted by atomic mass is 16.5. The van der Waals surface area contributed by atoms with Crippen LogP contribution < -0.4 is 19.7 Å². The molecule has 2 aromatic carbocycles. The maximum Gasteiger partial charge on any atom is 0.257 e. The van der Waals surface area contributed by atoms with Gasteiger partial charge in [0.25, 0.3) is 5.91 Å². The number of carbonyl (C=O) groups excluding carboxylic acids is 2. The average Bonchev–Trinajstić information content (AvgIpc) is 3.67. The third kappa shape index (κ3) is 6.82. The molecule has 1 aliphatic carbocycles. The molecule has 0 bridgehead atoms. The van der Waals surface area contributed by atoms with Crippen molar-refractivity contribution in [3.05, 3.63) is 71.9 Å². The molecule has 8 heteroatoms. The number of amides is 2. The van der Waals surface area contributed by atoms with E-state index in [9.17, 15) is 14.7 Å². The average molecular weight is 490 g/mol. The first-order valence-electron chi connectivity index (χ1n) is 12.1. The van der Waals surface area contributed by atoms with Crippen molar-refractivity contribution >= 4 is 23.3 Å². The molecule has 188 valence electrons. The fraction of sp³-hybridized carbons (Fsp3) is 0.321. The van der Waals surface area contributed by atoms with Crippen LogP contribution in [0.3, 0.4) is 0 Å². The van der Waals surface area contributed by atoms with E-state index in [1.54, 1.807) is 54.3 Å². The molecule has 0 atom stereocenters. The second-order valence-corrected chi connectivity index (χ2v) is 9.19. The van der Waals surface area contributed by atoms with E-state index in [1.807, 2.05) is 26.0 Å². The second-order valence-electron chi connectivity index (χ2n) is 9.19. The molecule has 0 unspecified atom stereocenters. The van der Waals surface area contributed by atoms with Gasteiger partial charge in [0.15, 0.2) is 0 Å². The summed E-state index contributed by atoms with van der Waals surface area (Å²) in [5.74, 6) is 2.11. The molecule has 1 fully saturated rings. The largest absolute Gasteiger partial charge is 0.491 e. The molecule has 1 saturated carbocycles. The van der Waals surface area contributed by atoms with Gasteiger partial charge in [-0.25, -0.2) is 4.98 Å². The summed E-state index contributed by atoms with van der Waals surface area (Å²) in [6, 6.07) is 15.7. The molecule has 0 saturated heterocycles. The van der Waals surface area contributed by atoms with E-state index in [0.29, 0.717) is 40.1 Å². The van der Waals surface area contributed by atoms with E-state index in [0.717, 1.165) is 12.2 Å². The molecule has 1 aromatic heterocycles. The fourth-order valence-corrected chi connectivity index (χ4v) is 3.69. The number of rotatable bonds is 10. The molecule has 2 N–H and O–H groups in total. The second kappa shape index (κ2) is 11.2. The highest BCUT2D eigenvalue weighted by Gasteiger charge is 2.26. The summed E-state index contributed by atoms with van der Waals surface area (Å²) in [6.45, 7) is 6.00. The minimum absolute atomic E-state index is 0.0187. The Morgan fingerprint density at radius 1 is 1.06 bits per heavy atom. The first kappa shape index (κ1) is 25.2. The van der Waals surface area contributed by atoms with Gasteiger partial charge >= 0.3 is 0 Å². The van der Waals surface area contributed by atoms with E-state index in [4.69, 9.17) is 9.47 Å². The van der Waals surface area contributed by atoms with Gasteiger partial charge in [0, 0.05) is 37.0 Å². The van der Waals surface area contributed by atoms with E-state index in [2.05, 4.69) is 10.3 Å². The van der Waals surface area contributed by atoms with Gasteiger partial charge in [-0.1, -0.05) is 6.07 Å². The zero-order valence-electron chi connectivity index (χ0n) is 20.7. The van der Waals surface area contributed by atoms with Gasteiger partial charge in [-0.3, -0.25) is 9.59 Å². The van der Waals surface area contributed by atoms with Crippen LogP contribution in [0.5, 0.6) is 17.2 Å². The summed E-state index contributed by atoms with van der Waals surface area (Å²) in [5.41, 5.74) is 1.83. The van der Waals surface area contributed by atoms with Gasteiger partial charge < -0.3 is 24.8 Å². The summed E-state index contributed by atoms with van der Waals surface area (Å²) in [4.78, 5) is 31.0. The molecule has 36 heavy (non-hydrogen) atoms. The summed E-state index contributed by atoms with van der Waals surface area (Å²) >= 11 is 0. The number of hydrogen-bond donors (Lipinski definition) is 2. The molecule has 0 spiro atoms. The maximum atomic E-state index is 12.9. The minimum atomic E-state index is -0.370. The van der Waals surface area contributed by atoms with Crippen LogP contribution in [0.1, 0.15) is 49.5 Å². The third-order valence-corrected chi connectivity index (χ3v) is 5.66. The Hall–Kier alpha value is -3.91. The number of ether oxygens (including phenoxy) is 2. The van der Waals surface area contributed by atoms with Gasteiger partial charge in [-0.05, 0) is 80.6 Å². The van der Waals surface area contributed by atoms with E-state index < -0.39 is 0 Å². The fourth-order valence-electron chi connectivity index (χ4n) is 3.69. The SMILES string of the molecule is CC(=O)N(CC1CC1)c1ccc(Oc2cc(OC(C)C)cc(C(=O)Nc3ccc(CO)cn3)c2)cc1. The number of aliphatic hydroxyl groups excluding tert-OH is 1. The molecule has 8 nitrogen and oxygen atoms in total.